The van der Waals surface area contributed by atoms with E-state index in [2.05, 4.69) is 4.74 Å². The molecular formula is C12H12F2O2. The lowest BCUT2D eigenvalue weighted by Crippen LogP contribution is -2.07. The van der Waals surface area contributed by atoms with E-state index in [9.17, 15) is 13.6 Å². The SMILES string of the molecule is CCOC(=O)C(=C(F)F)c1ccc(C)cc1. The number of aryl methyl sites for hydroxylation is 1. The zero-order valence-electron chi connectivity index (χ0n) is 9.09. The van der Waals surface area contributed by atoms with Gasteiger partial charge in [-0.2, -0.15) is 8.78 Å². The van der Waals surface area contributed by atoms with E-state index >= 15 is 0 Å². The summed E-state index contributed by atoms with van der Waals surface area (Å²) in [5, 5.41) is 0. The lowest BCUT2D eigenvalue weighted by atomic mass is 10.1. The minimum absolute atomic E-state index is 0.0709. The number of halogens is 2. The van der Waals surface area contributed by atoms with Crippen molar-refractivity contribution in [3.05, 3.63) is 41.5 Å². The van der Waals surface area contributed by atoms with Crippen molar-refractivity contribution in [2.45, 2.75) is 13.8 Å². The summed E-state index contributed by atoms with van der Waals surface area (Å²) in [6, 6.07) is 6.27. The van der Waals surface area contributed by atoms with Crippen LogP contribution in [0.5, 0.6) is 0 Å². The molecular weight excluding hydrogens is 214 g/mol. The van der Waals surface area contributed by atoms with Crippen LogP contribution in [0.4, 0.5) is 8.78 Å². The van der Waals surface area contributed by atoms with Gasteiger partial charge < -0.3 is 4.74 Å². The summed E-state index contributed by atoms with van der Waals surface area (Å²) in [5.41, 5.74) is 0.442. The van der Waals surface area contributed by atoms with Gasteiger partial charge in [0.2, 0.25) is 0 Å². The Morgan fingerprint density at radius 3 is 2.25 bits per heavy atom. The molecule has 0 aliphatic rings. The van der Waals surface area contributed by atoms with Gasteiger partial charge in [0.1, 0.15) is 5.57 Å². The highest BCUT2D eigenvalue weighted by Crippen LogP contribution is 2.22. The summed E-state index contributed by atoms with van der Waals surface area (Å²) in [7, 11) is 0. The van der Waals surface area contributed by atoms with Gasteiger partial charge in [-0.25, -0.2) is 4.79 Å². The van der Waals surface area contributed by atoms with Crippen molar-refractivity contribution in [1.82, 2.24) is 0 Å². The van der Waals surface area contributed by atoms with Crippen LogP contribution in [0.2, 0.25) is 0 Å². The summed E-state index contributed by atoms with van der Waals surface area (Å²) >= 11 is 0. The summed E-state index contributed by atoms with van der Waals surface area (Å²) in [5.74, 6) is -0.994. The third-order valence-electron chi connectivity index (χ3n) is 2.01. The number of carbonyl (C=O) groups is 1. The number of esters is 1. The zero-order chi connectivity index (χ0) is 12.1. The summed E-state index contributed by atoms with van der Waals surface area (Å²) in [6.07, 6.45) is -2.03. The van der Waals surface area contributed by atoms with Crippen LogP contribution in [0.1, 0.15) is 18.1 Å². The van der Waals surface area contributed by atoms with Crippen molar-refractivity contribution >= 4 is 11.5 Å². The molecule has 0 amide bonds. The van der Waals surface area contributed by atoms with Gasteiger partial charge in [0.25, 0.3) is 6.08 Å². The van der Waals surface area contributed by atoms with E-state index in [0.717, 1.165) is 5.56 Å². The predicted molar refractivity (Wildman–Crippen MR) is 56.9 cm³/mol. The van der Waals surface area contributed by atoms with E-state index in [1.165, 1.54) is 12.1 Å². The Hall–Kier alpha value is -1.71. The van der Waals surface area contributed by atoms with E-state index in [1.54, 1.807) is 19.1 Å². The molecule has 0 bridgehead atoms. The van der Waals surface area contributed by atoms with Gasteiger partial charge in [-0.05, 0) is 19.4 Å². The van der Waals surface area contributed by atoms with Crippen molar-refractivity contribution < 1.29 is 18.3 Å². The van der Waals surface area contributed by atoms with Crippen LogP contribution in [-0.2, 0) is 9.53 Å². The Morgan fingerprint density at radius 1 is 1.25 bits per heavy atom. The molecule has 0 spiro atoms. The topological polar surface area (TPSA) is 26.3 Å². The van der Waals surface area contributed by atoms with E-state index < -0.39 is 17.6 Å². The molecule has 0 atom stereocenters. The molecule has 0 unspecified atom stereocenters. The van der Waals surface area contributed by atoms with Crippen molar-refractivity contribution in [2.75, 3.05) is 6.61 Å². The maximum absolute atomic E-state index is 12.6. The molecule has 1 aromatic rings. The molecule has 86 valence electrons. The number of ether oxygens (including phenoxy) is 1. The molecule has 0 aromatic heterocycles. The third kappa shape index (κ3) is 2.89. The number of hydrogen-bond acceptors (Lipinski definition) is 2. The highest BCUT2D eigenvalue weighted by atomic mass is 19.3. The second-order valence-corrected chi connectivity index (χ2v) is 3.22. The van der Waals surface area contributed by atoms with Gasteiger partial charge in [-0.1, -0.05) is 29.8 Å². The molecule has 4 heteroatoms. The van der Waals surface area contributed by atoms with Gasteiger partial charge in [0.15, 0.2) is 0 Å². The van der Waals surface area contributed by atoms with Crippen LogP contribution in [0.15, 0.2) is 30.3 Å². The van der Waals surface area contributed by atoms with Crippen LogP contribution in [0.25, 0.3) is 5.57 Å². The van der Waals surface area contributed by atoms with Crippen molar-refractivity contribution in [2.24, 2.45) is 0 Å². The second-order valence-electron chi connectivity index (χ2n) is 3.22. The Labute approximate surface area is 92.5 Å². The monoisotopic (exact) mass is 226 g/mol. The van der Waals surface area contributed by atoms with Crippen LogP contribution >= 0.6 is 0 Å². The highest BCUT2D eigenvalue weighted by Gasteiger charge is 2.19. The fourth-order valence-corrected chi connectivity index (χ4v) is 1.23. The molecule has 1 aromatic carbocycles. The standard InChI is InChI=1S/C12H12F2O2/c1-3-16-12(15)10(11(13)14)9-6-4-8(2)5-7-9/h4-7H,3H2,1-2H3. The van der Waals surface area contributed by atoms with Crippen LogP contribution in [0, 0.1) is 6.92 Å². The van der Waals surface area contributed by atoms with Crippen LogP contribution < -0.4 is 0 Å². The summed E-state index contributed by atoms with van der Waals surface area (Å²) in [4.78, 5) is 11.3. The molecule has 0 saturated carbocycles. The minimum atomic E-state index is -2.03. The maximum Gasteiger partial charge on any atom is 0.344 e. The largest absolute Gasteiger partial charge is 0.462 e. The molecule has 0 aliphatic carbocycles. The predicted octanol–water partition coefficient (Wildman–Crippen LogP) is 3.17. The van der Waals surface area contributed by atoms with Gasteiger partial charge in [-0.15, -0.1) is 0 Å². The minimum Gasteiger partial charge on any atom is -0.462 e. The lowest BCUT2D eigenvalue weighted by Gasteiger charge is -2.06. The van der Waals surface area contributed by atoms with Gasteiger partial charge in [-0.3, -0.25) is 0 Å². The summed E-state index contributed by atoms with van der Waals surface area (Å²) < 4.78 is 29.8. The molecule has 1 rings (SSSR count). The number of carbonyl (C=O) groups excluding carboxylic acids is 1. The first-order valence-electron chi connectivity index (χ1n) is 4.85. The molecule has 0 N–H and O–H groups in total. The first kappa shape index (κ1) is 12.4. The number of benzene rings is 1. The smallest absolute Gasteiger partial charge is 0.344 e. The Kier molecular flexibility index (Phi) is 4.17. The highest BCUT2D eigenvalue weighted by molar-refractivity contribution is 6.16. The molecule has 16 heavy (non-hydrogen) atoms. The second kappa shape index (κ2) is 5.39. The fraction of sp³-hybridized carbons (Fsp3) is 0.250. The first-order chi connectivity index (χ1) is 7.56. The first-order valence-corrected chi connectivity index (χ1v) is 4.85. The van der Waals surface area contributed by atoms with Crippen LogP contribution in [-0.4, -0.2) is 12.6 Å². The Bertz CT molecular complexity index is 404. The van der Waals surface area contributed by atoms with Crippen molar-refractivity contribution in [3.8, 4) is 0 Å². The zero-order valence-corrected chi connectivity index (χ0v) is 9.09. The quantitative estimate of drug-likeness (QED) is 0.584. The van der Waals surface area contributed by atoms with E-state index in [-0.39, 0.29) is 12.2 Å². The maximum atomic E-state index is 12.6. The number of hydrogen-bond donors (Lipinski definition) is 0. The Balaban J connectivity index is 3.10. The van der Waals surface area contributed by atoms with Gasteiger partial charge >= 0.3 is 5.97 Å². The van der Waals surface area contributed by atoms with E-state index in [0.29, 0.717) is 0 Å². The molecule has 0 aliphatic heterocycles. The summed E-state index contributed by atoms with van der Waals surface area (Å²) in [6.45, 7) is 3.48. The Morgan fingerprint density at radius 2 is 1.81 bits per heavy atom. The molecule has 0 saturated heterocycles. The molecule has 0 radical (unpaired) electrons. The molecule has 0 heterocycles. The normalized spacial score (nSPS) is 9.75. The average Bonchev–Trinajstić information content (AvgIpc) is 2.21. The molecule has 0 fully saturated rings. The molecule has 2 nitrogen and oxygen atoms in total. The number of rotatable bonds is 3. The van der Waals surface area contributed by atoms with Crippen molar-refractivity contribution in [3.63, 3.8) is 0 Å². The average molecular weight is 226 g/mol. The van der Waals surface area contributed by atoms with Crippen molar-refractivity contribution in [1.29, 1.82) is 0 Å². The van der Waals surface area contributed by atoms with E-state index in [1.807, 2.05) is 6.92 Å². The van der Waals surface area contributed by atoms with E-state index in [4.69, 9.17) is 0 Å². The lowest BCUT2D eigenvalue weighted by molar-refractivity contribution is -0.136. The van der Waals surface area contributed by atoms with Crippen LogP contribution in [0.3, 0.4) is 0 Å². The fourth-order valence-electron chi connectivity index (χ4n) is 1.23. The third-order valence-corrected chi connectivity index (χ3v) is 2.01. The van der Waals surface area contributed by atoms with Gasteiger partial charge in [0, 0.05) is 0 Å². The van der Waals surface area contributed by atoms with Gasteiger partial charge in [0.05, 0.1) is 6.61 Å².